The Morgan fingerprint density at radius 3 is 2.79 bits per heavy atom. The lowest BCUT2D eigenvalue weighted by Gasteiger charge is -2.37. The van der Waals surface area contributed by atoms with E-state index in [0.29, 0.717) is 24.8 Å². The zero-order valence-electron chi connectivity index (χ0n) is 12.3. The number of halogens is 2. The Kier molecular flexibility index (Phi) is 3.61. The molecule has 0 aliphatic carbocycles. The van der Waals surface area contributed by atoms with E-state index in [-0.39, 0.29) is 17.4 Å². The molecule has 3 aromatic rings. The molecule has 1 amide bonds. The van der Waals surface area contributed by atoms with Gasteiger partial charge >= 0.3 is 0 Å². The SMILES string of the molecule is O=C(c1ccc(F)c(F)c1)N1CC(c2nc(-c3cccs3)no2)C1. The molecule has 0 radical (unpaired) electrons. The third-order valence-corrected chi connectivity index (χ3v) is 4.73. The van der Waals surface area contributed by atoms with Crippen LogP contribution in [0, 0.1) is 11.6 Å². The van der Waals surface area contributed by atoms with Gasteiger partial charge in [0.1, 0.15) is 0 Å². The van der Waals surface area contributed by atoms with Gasteiger partial charge in [0.25, 0.3) is 5.91 Å². The van der Waals surface area contributed by atoms with E-state index >= 15 is 0 Å². The monoisotopic (exact) mass is 347 g/mol. The summed E-state index contributed by atoms with van der Waals surface area (Å²) < 4.78 is 31.4. The summed E-state index contributed by atoms with van der Waals surface area (Å²) in [5.74, 6) is -1.38. The molecule has 1 aliphatic rings. The molecule has 4 rings (SSSR count). The Hall–Kier alpha value is -2.61. The lowest BCUT2D eigenvalue weighted by atomic mass is 9.98. The van der Waals surface area contributed by atoms with Crippen molar-refractivity contribution in [3.8, 4) is 10.7 Å². The fourth-order valence-corrected chi connectivity index (χ4v) is 3.17. The summed E-state index contributed by atoms with van der Waals surface area (Å²) in [4.78, 5) is 19.0. The van der Waals surface area contributed by atoms with E-state index in [2.05, 4.69) is 10.1 Å². The van der Waals surface area contributed by atoms with Gasteiger partial charge in [-0.3, -0.25) is 4.79 Å². The maximum absolute atomic E-state index is 13.2. The van der Waals surface area contributed by atoms with Crippen LogP contribution in [0.3, 0.4) is 0 Å². The smallest absolute Gasteiger partial charge is 0.254 e. The molecule has 0 bridgehead atoms. The van der Waals surface area contributed by atoms with Crippen molar-refractivity contribution in [3.05, 3.63) is 58.8 Å². The second kappa shape index (κ2) is 5.79. The van der Waals surface area contributed by atoms with E-state index in [1.807, 2.05) is 17.5 Å². The Bertz CT molecular complexity index is 889. The normalized spacial score (nSPS) is 14.7. The van der Waals surface area contributed by atoms with Crippen LogP contribution in [-0.2, 0) is 0 Å². The molecule has 3 heterocycles. The van der Waals surface area contributed by atoms with Gasteiger partial charge in [0, 0.05) is 18.7 Å². The highest BCUT2D eigenvalue weighted by Crippen LogP contribution is 2.30. The van der Waals surface area contributed by atoms with Gasteiger partial charge in [0.05, 0.1) is 10.8 Å². The van der Waals surface area contributed by atoms with Gasteiger partial charge in [-0.25, -0.2) is 8.78 Å². The van der Waals surface area contributed by atoms with Crippen LogP contribution in [0.4, 0.5) is 8.78 Å². The minimum atomic E-state index is -1.03. The highest BCUT2D eigenvalue weighted by atomic mass is 32.1. The van der Waals surface area contributed by atoms with Crippen LogP contribution >= 0.6 is 11.3 Å². The summed E-state index contributed by atoms with van der Waals surface area (Å²) >= 11 is 1.52. The Labute approximate surface area is 139 Å². The second-order valence-corrected chi connectivity index (χ2v) is 6.42. The zero-order chi connectivity index (χ0) is 16.7. The number of nitrogens with zero attached hydrogens (tertiary/aromatic N) is 3. The molecule has 1 fully saturated rings. The molecule has 24 heavy (non-hydrogen) atoms. The van der Waals surface area contributed by atoms with Crippen molar-refractivity contribution in [1.29, 1.82) is 0 Å². The number of amides is 1. The van der Waals surface area contributed by atoms with Crippen molar-refractivity contribution in [2.24, 2.45) is 0 Å². The van der Waals surface area contributed by atoms with E-state index in [1.54, 1.807) is 0 Å². The number of rotatable bonds is 3. The first-order valence-electron chi connectivity index (χ1n) is 7.23. The van der Waals surface area contributed by atoms with Crippen molar-refractivity contribution in [3.63, 3.8) is 0 Å². The lowest BCUT2D eigenvalue weighted by Crippen LogP contribution is -2.48. The van der Waals surface area contributed by atoms with Crippen molar-refractivity contribution < 1.29 is 18.1 Å². The summed E-state index contributed by atoms with van der Waals surface area (Å²) in [5, 5.41) is 5.87. The quantitative estimate of drug-likeness (QED) is 0.729. The summed E-state index contributed by atoms with van der Waals surface area (Å²) in [6.07, 6.45) is 0. The third-order valence-electron chi connectivity index (χ3n) is 3.87. The fraction of sp³-hybridized carbons (Fsp3) is 0.188. The summed E-state index contributed by atoms with van der Waals surface area (Å²) in [5.41, 5.74) is 0.122. The van der Waals surface area contributed by atoms with Crippen LogP contribution in [0.5, 0.6) is 0 Å². The number of benzene rings is 1. The summed E-state index contributed by atoms with van der Waals surface area (Å²) in [6.45, 7) is 0.813. The number of carbonyl (C=O) groups excluding carboxylic acids is 1. The molecule has 1 saturated heterocycles. The molecule has 1 aromatic carbocycles. The van der Waals surface area contributed by atoms with Gasteiger partial charge in [-0.15, -0.1) is 11.3 Å². The van der Waals surface area contributed by atoms with Gasteiger partial charge in [0.15, 0.2) is 11.6 Å². The summed E-state index contributed by atoms with van der Waals surface area (Å²) in [6, 6.07) is 6.94. The van der Waals surface area contributed by atoms with Crippen LogP contribution in [-0.4, -0.2) is 34.0 Å². The molecule has 122 valence electrons. The minimum Gasteiger partial charge on any atom is -0.339 e. The predicted octanol–water partition coefficient (Wildman–Crippen LogP) is 3.32. The zero-order valence-corrected chi connectivity index (χ0v) is 13.1. The number of thiophene rings is 1. The Morgan fingerprint density at radius 1 is 1.25 bits per heavy atom. The number of carbonyl (C=O) groups is 1. The van der Waals surface area contributed by atoms with Crippen molar-refractivity contribution >= 4 is 17.2 Å². The van der Waals surface area contributed by atoms with E-state index in [1.165, 1.54) is 22.3 Å². The van der Waals surface area contributed by atoms with Gasteiger partial charge in [-0.05, 0) is 29.6 Å². The van der Waals surface area contributed by atoms with Crippen LogP contribution in [0.2, 0.25) is 0 Å². The molecule has 0 atom stereocenters. The predicted molar refractivity (Wildman–Crippen MR) is 82.6 cm³/mol. The largest absolute Gasteiger partial charge is 0.339 e. The fourth-order valence-electron chi connectivity index (χ4n) is 2.52. The maximum atomic E-state index is 13.2. The lowest BCUT2D eigenvalue weighted by molar-refractivity contribution is 0.0568. The average molecular weight is 347 g/mol. The molecule has 0 saturated carbocycles. The maximum Gasteiger partial charge on any atom is 0.254 e. The first-order valence-corrected chi connectivity index (χ1v) is 8.11. The Morgan fingerprint density at radius 2 is 2.08 bits per heavy atom. The molecule has 0 spiro atoms. The summed E-state index contributed by atoms with van der Waals surface area (Å²) in [7, 11) is 0. The second-order valence-electron chi connectivity index (χ2n) is 5.47. The van der Waals surface area contributed by atoms with E-state index in [9.17, 15) is 13.6 Å². The molecule has 0 N–H and O–H groups in total. The van der Waals surface area contributed by atoms with Crippen LogP contribution in [0.25, 0.3) is 10.7 Å². The first kappa shape index (κ1) is 14.9. The van der Waals surface area contributed by atoms with Crippen molar-refractivity contribution in [2.45, 2.75) is 5.92 Å². The van der Waals surface area contributed by atoms with E-state index in [0.717, 1.165) is 17.0 Å². The number of hydrogen-bond donors (Lipinski definition) is 0. The molecule has 2 aromatic heterocycles. The molecule has 5 nitrogen and oxygen atoms in total. The van der Waals surface area contributed by atoms with Crippen LogP contribution < -0.4 is 0 Å². The van der Waals surface area contributed by atoms with Gasteiger partial charge < -0.3 is 9.42 Å². The van der Waals surface area contributed by atoms with Crippen LogP contribution in [0.1, 0.15) is 22.2 Å². The van der Waals surface area contributed by atoms with Crippen molar-refractivity contribution in [1.82, 2.24) is 15.0 Å². The average Bonchev–Trinajstić information content (AvgIpc) is 3.19. The molecule has 8 heteroatoms. The third kappa shape index (κ3) is 2.58. The van der Waals surface area contributed by atoms with E-state index < -0.39 is 11.6 Å². The minimum absolute atomic E-state index is 0.0412. The highest BCUT2D eigenvalue weighted by Gasteiger charge is 2.36. The first-order chi connectivity index (χ1) is 11.6. The van der Waals surface area contributed by atoms with Crippen molar-refractivity contribution in [2.75, 3.05) is 13.1 Å². The van der Waals surface area contributed by atoms with Gasteiger partial charge in [-0.2, -0.15) is 4.98 Å². The molecule has 0 unspecified atom stereocenters. The standard InChI is InChI=1S/C16H11F2N3O2S/c17-11-4-3-9(6-12(11)18)16(22)21-7-10(8-21)15-19-14(20-23-15)13-2-1-5-24-13/h1-6,10H,7-8H2. The molecular weight excluding hydrogens is 336 g/mol. The van der Waals surface area contributed by atoms with Gasteiger partial charge in [-0.1, -0.05) is 11.2 Å². The number of hydrogen-bond acceptors (Lipinski definition) is 5. The highest BCUT2D eigenvalue weighted by molar-refractivity contribution is 7.13. The molecular formula is C16H11F2N3O2S. The van der Waals surface area contributed by atoms with Crippen LogP contribution in [0.15, 0.2) is 40.2 Å². The number of aromatic nitrogens is 2. The molecule has 1 aliphatic heterocycles. The topological polar surface area (TPSA) is 59.2 Å². The van der Waals surface area contributed by atoms with Gasteiger partial charge in [0.2, 0.25) is 11.7 Å². The number of likely N-dealkylation sites (tertiary alicyclic amines) is 1. The Balaban J connectivity index is 1.42. The van der Waals surface area contributed by atoms with E-state index in [4.69, 9.17) is 4.52 Å².